The van der Waals surface area contributed by atoms with Crippen LogP contribution in [0.3, 0.4) is 0 Å². The number of hydrogen-bond donors (Lipinski definition) is 1. The molecule has 0 saturated carbocycles. The van der Waals surface area contributed by atoms with Crippen molar-refractivity contribution in [3.05, 3.63) is 65.9 Å². The molecule has 4 nitrogen and oxygen atoms in total. The lowest BCUT2D eigenvalue weighted by Gasteiger charge is -2.16. The van der Waals surface area contributed by atoms with Crippen molar-refractivity contribution < 1.29 is 0 Å². The molecule has 1 N–H and O–H groups in total. The number of nitrogens with zero attached hydrogens (tertiary/aromatic N) is 1. The third-order valence-corrected chi connectivity index (χ3v) is 4.07. The molecular formula is C14H14BrClN2O2. The van der Waals surface area contributed by atoms with Crippen LogP contribution in [0.5, 0.6) is 0 Å². The van der Waals surface area contributed by atoms with E-state index >= 15 is 0 Å². The summed E-state index contributed by atoms with van der Waals surface area (Å²) in [6.45, 7) is 3.64. The monoisotopic (exact) mass is 356 g/mol. The summed E-state index contributed by atoms with van der Waals surface area (Å²) in [5.41, 5.74) is 0.461. The lowest BCUT2D eigenvalue weighted by molar-refractivity contribution is 0.571. The van der Waals surface area contributed by atoms with E-state index in [1.54, 1.807) is 0 Å². The molecule has 20 heavy (non-hydrogen) atoms. The number of aromatic nitrogens is 2. The number of nitrogens with one attached hydrogen (secondary N) is 1. The van der Waals surface area contributed by atoms with Gasteiger partial charge in [-0.15, -0.1) is 0 Å². The number of hydrogen-bond acceptors (Lipinski definition) is 2. The van der Waals surface area contributed by atoms with Gasteiger partial charge in [-0.3, -0.25) is 14.3 Å². The Morgan fingerprint density at radius 2 is 2.10 bits per heavy atom. The number of aromatic amines is 1. The van der Waals surface area contributed by atoms with E-state index in [4.69, 9.17) is 11.6 Å². The Bertz CT molecular complexity index is 752. The normalized spacial score (nSPS) is 12.4. The van der Waals surface area contributed by atoms with E-state index in [0.29, 0.717) is 12.0 Å². The van der Waals surface area contributed by atoms with Gasteiger partial charge >= 0.3 is 5.69 Å². The van der Waals surface area contributed by atoms with Crippen LogP contribution >= 0.6 is 27.5 Å². The highest BCUT2D eigenvalue weighted by molar-refractivity contribution is 9.10. The van der Waals surface area contributed by atoms with E-state index in [9.17, 15) is 9.59 Å². The van der Waals surface area contributed by atoms with Crippen molar-refractivity contribution in [3.63, 3.8) is 0 Å². The van der Waals surface area contributed by atoms with Gasteiger partial charge < -0.3 is 0 Å². The van der Waals surface area contributed by atoms with E-state index < -0.39 is 5.69 Å². The first-order valence-corrected chi connectivity index (χ1v) is 7.41. The van der Waals surface area contributed by atoms with E-state index in [1.807, 2.05) is 38.1 Å². The van der Waals surface area contributed by atoms with Gasteiger partial charge in [-0.25, -0.2) is 4.79 Å². The van der Waals surface area contributed by atoms with Crippen LogP contribution in [0.1, 0.15) is 31.0 Å². The van der Waals surface area contributed by atoms with E-state index in [0.717, 1.165) is 10.0 Å². The molecular weight excluding hydrogens is 344 g/mol. The summed E-state index contributed by atoms with van der Waals surface area (Å²) in [7, 11) is 0. The second-order valence-electron chi connectivity index (χ2n) is 4.48. The molecule has 0 aliphatic rings. The molecule has 2 aromatic rings. The van der Waals surface area contributed by atoms with Crippen LogP contribution in [0, 0.1) is 0 Å². The van der Waals surface area contributed by atoms with Crippen LogP contribution in [-0.2, 0) is 6.42 Å². The second-order valence-corrected chi connectivity index (χ2v) is 5.78. The molecule has 2 rings (SSSR count). The molecule has 0 amide bonds. The Balaban J connectivity index is 2.64. The van der Waals surface area contributed by atoms with Gasteiger partial charge in [0.2, 0.25) is 0 Å². The number of rotatable bonds is 3. The van der Waals surface area contributed by atoms with E-state index in [2.05, 4.69) is 20.9 Å². The first-order valence-electron chi connectivity index (χ1n) is 6.24. The molecule has 0 aliphatic carbocycles. The maximum Gasteiger partial charge on any atom is 0.330 e. The average Bonchev–Trinajstić information content (AvgIpc) is 2.38. The third-order valence-electron chi connectivity index (χ3n) is 3.25. The van der Waals surface area contributed by atoms with Crippen molar-refractivity contribution in [2.75, 3.05) is 0 Å². The zero-order chi connectivity index (χ0) is 14.9. The smallest absolute Gasteiger partial charge is 0.297 e. The van der Waals surface area contributed by atoms with E-state index in [1.165, 1.54) is 4.57 Å². The highest BCUT2D eigenvalue weighted by Crippen LogP contribution is 2.20. The molecule has 6 heteroatoms. The Labute approximate surface area is 129 Å². The first kappa shape index (κ1) is 15.1. The highest BCUT2D eigenvalue weighted by Gasteiger charge is 2.17. The summed E-state index contributed by atoms with van der Waals surface area (Å²) in [5.74, 6) is 0. The fourth-order valence-corrected chi connectivity index (χ4v) is 2.85. The molecule has 1 aromatic carbocycles. The van der Waals surface area contributed by atoms with Crippen LogP contribution in [0.4, 0.5) is 0 Å². The van der Waals surface area contributed by atoms with Gasteiger partial charge in [0.15, 0.2) is 0 Å². The summed E-state index contributed by atoms with van der Waals surface area (Å²) < 4.78 is 2.10. The summed E-state index contributed by atoms with van der Waals surface area (Å²) in [4.78, 5) is 27.0. The highest BCUT2D eigenvalue weighted by atomic mass is 79.9. The molecule has 1 aromatic heterocycles. The van der Waals surface area contributed by atoms with Crippen molar-refractivity contribution >= 4 is 27.5 Å². The molecule has 0 radical (unpaired) electrons. The minimum Gasteiger partial charge on any atom is -0.297 e. The number of H-pyrrole nitrogens is 1. The van der Waals surface area contributed by atoms with Crippen molar-refractivity contribution in [2.24, 2.45) is 0 Å². The topological polar surface area (TPSA) is 54.9 Å². The fraction of sp³-hybridized carbons (Fsp3) is 0.286. The van der Waals surface area contributed by atoms with Crippen LogP contribution in [0.25, 0.3) is 0 Å². The Morgan fingerprint density at radius 3 is 2.70 bits per heavy atom. The number of benzene rings is 1. The molecule has 0 saturated heterocycles. The summed E-state index contributed by atoms with van der Waals surface area (Å²) >= 11 is 9.29. The number of halogens is 2. The molecule has 0 spiro atoms. The van der Waals surface area contributed by atoms with Gasteiger partial charge in [0.05, 0.1) is 11.6 Å². The van der Waals surface area contributed by atoms with E-state index in [-0.39, 0.29) is 16.8 Å². The maximum absolute atomic E-state index is 12.4. The van der Waals surface area contributed by atoms with Gasteiger partial charge in [0.1, 0.15) is 5.15 Å². The zero-order valence-electron chi connectivity index (χ0n) is 11.1. The molecule has 0 aliphatic heterocycles. The Kier molecular flexibility index (Phi) is 4.50. The molecule has 1 unspecified atom stereocenters. The second kappa shape index (κ2) is 5.97. The average molecular weight is 358 g/mol. The Hall–Kier alpha value is -1.33. The lowest BCUT2D eigenvalue weighted by atomic mass is 10.1. The fourth-order valence-electron chi connectivity index (χ4n) is 2.13. The largest absolute Gasteiger partial charge is 0.330 e. The standard InChI is InChI=1S/C14H14BrClN2O2/c1-3-11-12(16)17-14(20)18(13(11)19)8(2)9-5-4-6-10(15)7-9/h4-8H,3H2,1-2H3,(H,17,20). The van der Waals surface area contributed by atoms with Gasteiger partial charge in [-0.1, -0.05) is 46.6 Å². The van der Waals surface area contributed by atoms with Gasteiger partial charge in [-0.05, 0) is 31.0 Å². The van der Waals surface area contributed by atoms with Gasteiger partial charge in [0.25, 0.3) is 5.56 Å². The minimum absolute atomic E-state index is 0.125. The molecule has 1 heterocycles. The van der Waals surface area contributed by atoms with Crippen molar-refractivity contribution in [1.82, 2.24) is 9.55 Å². The lowest BCUT2D eigenvalue weighted by Crippen LogP contribution is -2.39. The molecule has 0 bridgehead atoms. The SMILES string of the molecule is CCc1c(Cl)[nH]c(=O)n(C(C)c2cccc(Br)c2)c1=O. The van der Waals surface area contributed by atoms with Crippen LogP contribution in [0.15, 0.2) is 38.3 Å². The maximum atomic E-state index is 12.4. The molecule has 0 fully saturated rings. The predicted molar refractivity (Wildman–Crippen MR) is 83.7 cm³/mol. The van der Waals surface area contributed by atoms with Gasteiger partial charge in [0, 0.05) is 4.47 Å². The summed E-state index contributed by atoms with van der Waals surface area (Å²) in [6.07, 6.45) is 0.472. The first-order chi connectivity index (χ1) is 9.45. The van der Waals surface area contributed by atoms with Crippen molar-refractivity contribution in [3.8, 4) is 0 Å². The van der Waals surface area contributed by atoms with Crippen LogP contribution in [-0.4, -0.2) is 9.55 Å². The molecule has 106 valence electrons. The van der Waals surface area contributed by atoms with Crippen LogP contribution in [0.2, 0.25) is 5.15 Å². The Morgan fingerprint density at radius 1 is 1.40 bits per heavy atom. The summed E-state index contributed by atoms with van der Waals surface area (Å²) in [5, 5.41) is 0.125. The van der Waals surface area contributed by atoms with Crippen molar-refractivity contribution in [1.29, 1.82) is 0 Å². The molecule has 1 atom stereocenters. The van der Waals surface area contributed by atoms with Gasteiger partial charge in [-0.2, -0.15) is 0 Å². The minimum atomic E-state index is -0.496. The quantitative estimate of drug-likeness (QED) is 0.858. The van der Waals surface area contributed by atoms with Crippen molar-refractivity contribution in [2.45, 2.75) is 26.3 Å². The zero-order valence-corrected chi connectivity index (χ0v) is 13.5. The third kappa shape index (κ3) is 2.74. The van der Waals surface area contributed by atoms with Crippen LogP contribution < -0.4 is 11.2 Å². The predicted octanol–water partition coefficient (Wildman–Crippen LogP) is 3.12. The summed E-state index contributed by atoms with van der Waals surface area (Å²) in [6, 6.07) is 7.15.